The number of nitrogens with two attached hydrogens (primary N) is 2. The molecule has 0 aliphatic rings. The lowest BCUT2D eigenvalue weighted by Crippen LogP contribution is -2.51. The Morgan fingerprint density at radius 1 is 0.338 bits per heavy atom. The van der Waals surface area contributed by atoms with Crippen molar-refractivity contribution in [2.24, 2.45) is 11.5 Å². The van der Waals surface area contributed by atoms with Gasteiger partial charge in [0.1, 0.15) is 0 Å². The van der Waals surface area contributed by atoms with Crippen molar-refractivity contribution in [3.05, 3.63) is 0 Å². The van der Waals surface area contributed by atoms with Crippen LogP contribution in [0, 0.1) is 0 Å². The number of hydrogen-bond acceptors (Lipinski definition) is 7. The molecule has 0 aliphatic carbocycles. The Balaban J connectivity index is 6.19. The predicted molar refractivity (Wildman–Crippen MR) is 272 cm³/mol. The van der Waals surface area contributed by atoms with Crippen LogP contribution >= 0.6 is 0 Å². The fourth-order valence-corrected chi connectivity index (χ4v) is 8.43. The van der Waals surface area contributed by atoms with Gasteiger partial charge in [0.15, 0.2) is 0 Å². The summed E-state index contributed by atoms with van der Waals surface area (Å²) in [6, 6.07) is 0. The van der Waals surface area contributed by atoms with Gasteiger partial charge in [-0.05, 0) is 45.2 Å². The molecule has 65 heavy (non-hydrogen) atoms. The number of carbonyl (C=O) groups is 5. The quantitative estimate of drug-likeness (QED) is 0.0512. The van der Waals surface area contributed by atoms with Crippen LogP contribution in [0.5, 0.6) is 0 Å². The Bertz CT molecular complexity index is 1160. The number of nitrogens with one attached hydrogen (secondary N) is 1. The summed E-state index contributed by atoms with van der Waals surface area (Å²) in [6.07, 6.45) is 36.4. The van der Waals surface area contributed by atoms with E-state index in [1.165, 1.54) is 114 Å². The van der Waals surface area contributed by atoms with Crippen LogP contribution in [0.2, 0.25) is 0 Å². The lowest BCUT2D eigenvalue weighted by atomic mass is 10.1. The highest BCUT2D eigenvalue weighted by Gasteiger charge is 2.27. The molecule has 0 heterocycles. The third-order valence-electron chi connectivity index (χ3n) is 12.7. The molecule has 0 aromatic rings. The molecule has 0 saturated heterocycles. The molecule has 0 radical (unpaired) electrons. The van der Waals surface area contributed by atoms with Gasteiger partial charge in [0.25, 0.3) is 0 Å². The molecule has 0 aromatic carbocycles. The first-order chi connectivity index (χ1) is 31.6. The van der Waals surface area contributed by atoms with Gasteiger partial charge in [-0.15, -0.1) is 0 Å². The number of nitrogens with zero attached hydrogens (tertiary/aromatic N) is 4. The van der Waals surface area contributed by atoms with Crippen LogP contribution in [-0.4, -0.2) is 121 Å². The van der Waals surface area contributed by atoms with E-state index < -0.39 is 5.91 Å². The normalized spacial score (nSPS) is 11.2. The lowest BCUT2D eigenvalue weighted by molar-refractivity contribution is -0.146. The highest BCUT2D eigenvalue weighted by atomic mass is 16.2. The van der Waals surface area contributed by atoms with Gasteiger partial charge in [-0.25, -0.2) is 0 Å². The molecular formula is C53H105N7O5. The van der Waals surface area contributed by atoms with E-state index in [4.69, 9.17) is 11.5 Å². The monoisotopic (exact) mass is 920 g/mol. The van der Waals surface area contributed by atoms with Crippen molar-refractivity contribution in [3.63, 3.8) is 0 Å². The first kappa shape index (κ1) is 62.3. The van der Waals surface area contributed by atoms with Gasteiger partial charge in [0.05, 0.1) is 32.7 Å². The van der Waals surface area contributed by atoms with Crippen molar-refractivity contribution in [3.8, 4) is 0 Å². The second kappa shape index (κ2) is 46.4. The highest BCUT2D eigenvalue weighted by molar-refractivity contribution is 5.91. The maximum atomic E-state index is 14.4. The SMILES string of the molecule is CCCCCCCCCCN(CC(N)=O)C(=O)CN(CCCCCCCCCC)C(=O)CN(CCCCCCCCCC)C(=O)CN(CCCCCCCCCC)C(=O)CNCCCN. The molecule has 0 bridgehead atoms. The summed E-state index contributed by atoms with van der Waals surface area (Å²) in [5.74, 6) is -1.49. The van der Waals surface area contributed by atoms with E-state index in [2.05, 4.69) is 33.0 Å². The van der Waals surface area contributed by atoms with Gasteiger partial charge in [0, 0.05) is 26.2 Å². The minimum Gasteiger partial charge on any atom is -0.368 e. The standard InChI is InChI=1S/C53H105N7O5/c1-5-9-13-17-21-25-29-33-40-57(45-49(55)61)51(63)47-59(42-35-31-27-23-19-15-11-7-3)53(65)48-60(43-36-32-28-24-20-16-12-8-4)52(64)46-58(50(62)44-56-39-37-38-54)41-34-30-26-22-18-14-10-6-2/h56H,5-48,54H2,1-4H3,(H2,55,61). The number of primary amides is 1. The fraction of sp³-hybridized carbons (Fsp3) is 0.906. The molecule has 12 heteroatoms. The molecule has 0 saturated carbocycles. The molecular weight excluding hydrogens is 815 g/mol. The Morgan fingerprint density at radius 3 is 0.846 bits per heavy atom. The van der Waals surface area contributed by atoms with Crippen LogP contribution < -0.4 is 16.8 Å². The molecule has 0 atom stereocenters. The predicted octanol–water partition coefficient (Wildman–Crippen LogP) is 10.3. The fourth-order valence-electron chi connectivity index (χ4n) is 8.43. The Morgan fingerprint density at radius 2 is 0.585 bits per heavy atom. The van der Waals surface area contributed by atoms with Crippen LogP contribution in [0.3, 0.4) is 0 Å². The van der Waals surface area contributed by atoms with Crippen LogP contribution in [0.4, 0.5) is 0 Å². The zero-order valence-electron chi connectivity index (χ0n) is 43.1. The average Bonchev–Trinajstić information content (AvgIpc) is 3.29. The van der Waals surface area contributed by atoms with E-state index in [1.807, 2.05) is 0 Å². The van der Waals surface area contributed by atoms with Crippen LogP contribution in [0.25, 0.3) is 0 Å². The molecule has 0 spiro atoms. The van der Waals surface area contributed by atoms with Crippen molar-refractivity contribution in [2.75, 3.05) is 72.0 Å². The molecule has 0 fully saturated rings. The number of unbranched alkanes of at least 4 members (excludes halogenated alkanes) is 28. The summed E-state index contributed by atoms with van der Waals surface area (Å²) in [7, 11) is 0. The zero-order valence-corrected chi connectivity index (χ0v) is 43.1. The summed E-state index contributed by atoms with van der Waals surface area (Å²) in [6.45, 7) is 11.3. The van der Waals surface area contributed by atoms with Gasteiger partial charge in [-0.2, -0.15) is 0 Å². The molecule has 0 aromatic heterocycles. The van der Waals surface area contributed by atoms with Crippen LogP contribution in [-0.2, 0) is 24.0 Å². The largest absolute Gasteiger partial charge is 0.368 e. The molecule has 0 aliphatic heterocycles. The Hall–Kier alpha value is -2.73. The van der Waals surface area contributed by atoms with E-state index in [-0.39, 0.29) is 56.4 Å². The number of hydrogen-bond donors (Lipinski definition) is 3. The molecule has 5 N–H and O–H groups in total. The van der Waals surface area contributed by atoms with Crippen molar-refractivity contribution < 1.29 is 24.0 Å². The van der Waals surface area contributed by atoms with Gasteiger partial charge in [-0.1, -0.05) is 207 Å². The molecule has 382 valence electrons. The highest BCUT2D eigenvalue weighted by Crippen LogP contribution is 2.14. The zero-order chi connectivity index (χ0) is 48.0. The second-order valence-corrected chi connectivity index (χ2v) is 18.9. The average molecular weight is 920 g/mol. The van der Waals surface area contributed by atoms with Crippen molar-refractivity contribution >= 4 is 29.5 Å². The minimum absolute atomic E-state index is 0.0832. The van der Waals surface area contributed by atoms with E-state index in [9.17, 15) is 24.0 Å². The van der Waals surface area contributed by atoms with Crippen molar-refractivity contribution in [1.82, 2.24) is 24.9 Å². The minimum atomic E-state index is -0.568. The number of amides is 5. The summed E-state index contributed by atoms with van der Waals surface area (Å²) in [5, 5.41) is 3.20. The van der Waals surface area contributed by atoms with E-state index >= 15 is 0 Å². The van der Waals surface area contributed by atoms with E-state index in [0.717, 1.165) is 103 Å². The van der Waals surface area contributed by atoms with Crippen LogP contribution in [0.1, 0.15) is 240 Å². The number of rotatable bonds is 49. The molecule has 5 amide bonds. The van der Waals surface area contributed by atoms with Crippen molar-refractivity contribution in [1.29, 1.82) is 0 Å². The van der Waals surface area contributed by atoms with Gasteiger partial charge in [-0.3, -0.25) is 24.0 Å². The topological polar surface area (TPSA) is 162 Å². The van der Waals surface area contributed by atoms with E-state index in [0.29, 0.717) is 39.3 Å². The summed E-state index contributed by atoms with van der Waals surface area (Å²) in [4.78, 5) is 75.0. The first-order valence-electron chi connectivity index (χ1n) is 27.4. The van der Waals surface area contributed by atoms with E-state index in [1.54, 1.807) is 14.7 Å². The maximum Gasteiger partial charge on any atom is 0.242 e. The second-order valence-electron chi connectivity index (χ2n) is 18.9. The molecule has 12 nitrogen and oxygen atoms in total. The van der Waals surface area contributed by atoms with Gasteiger partial charge >= 0.3 is 0 Å². The third-order valence-corrected chi connectivity index (χ3v) is 12.7. The first-order valence-corrected chi connectivity index (χ1v) is 27.4. The summed E-state index contributed by atoms with van der Waals surface area (Å²) >= 11 is 0. The number of carbonyl (C=O) groups excluding carboxylic acids is 5. The molecule has 0 rings (SSSR count). The Labute approximate surface area is 400 Å². The van der Waals surface area contributed by atoms with Crippen molar-refractivity contribution in [2.45, 2.75) is 240 Å². The maximum absolute atomic E-state index is 14.4. The molecule has 0 unspecified atom stereocenters. The van der Waals surface area contributed by atoms with Gasteiger partial charge < -0.3 is 36.4 Å². The Kier molecular flexibility index (Phi) is 44.4. The summed E-state index contributed by atoms with van der Waals surface area (Å²) in [5.41, 5.74) is 11.3. The summed E-state index contributed by atoms with van der Waals surface area (Å²) < 4.78 is 0. The third kappa shape index (κ3) is 38.0. The van der Waals surface area contributed by atoms with Gasteiger partial charge in [0.2, 0.25) is 29.5 Å². The lowest BCUT2D eigenvalue weighted by Gasteiger charge is -2.31. The van der Waals surface area contributed by atoms with Crippen LogP contribution in [0.15, 0.2) is 0 Å². The smallest absolute Gasteiger partial charge is 0.242 e.